The van der Waals surface area contributed by atoms with Crippen molar-refractivity contribution in [3.63, 3.8) is 0 Å². The predicted molar refractivity (Wildman–Crippen MR) is 42.0 cm³/mol. The average molecular weight is 208 g/mol. The van der Waals surface area contributed by atoms with E-state index in [9.17, 15) is 17.6 Å². The van der Waals surface area contributed by atoms with Gasteiger partial charge in [-0.3, -0.25) is 0 Å². The van der Waals surface area contributed by atoms with E-state index in [1.165, 1.54) is 6.92 Å². The van der Waals surface area contributed by atoms with Gasteiger partial charge in [-0.2, -0.15) is 13.2 Å². The van der Waals surface area contributed by atoms with Gasteiger partial charge in [0, 0.05) is 0 Å². The van der Waals surface area contributed by atoms with E-state index in [2.05, 4.69) is 0 Å². The maximum absolute atomic E-state index is 12.6. The molecule has 1 atom stereocenters. The quantitative estimate of drug-likeness (QED) is 0.703. The summed E-state index contributed by atoms with van der Waals surface area (Å²) in [6, 6.07) is 2.20. The molecule has 0 aromatic heterocycles. The van der Waals surface area contributed by atoms with Crippen molar-refractivity contribution in [3.05, 3.63) is 35.1 Å². The van der Waals surface area contributed by atoms with Crippen molar-refractivity contribution in [2.75, 3.05) is 0 Å². The zero-order valence-electron chi connectivity index (χ0n) is 7.27. The Hall–Kier alpha value is -1.10. The van der Waals surface area contributed by atoms with E-state index in [0.717, 1.165) is 12.1 Å². The van der Waals surface area contributed by atoms with Gasteiger partial charge in [-0.1, -0.05) is 6.07 Å². The van der Waals surface area contributed by atoms with Crippen LogP contribution >= 0.6 is 0 Å². The molecular formula is C9H8F4O. The van der Waals surface area contributed by atoms with Gasteiger partial charge in [0.1, 0.15) is 5.82 Å². The molecule has 78 valence electrons. The normalized spacial score (nSPS) is 14.1. The van der Waals surface area contributed by atoms with Crippen molar-refractivity contribution < 1.29 is 22.7 Å². The predicted octanol–water partition coefficient (Wildman–Crippen LogP) is 2.90. The summed E-state index contributed by atoms with van der Waals surface area (Å²) in [5.74, 6) is -0.971. The Bertz CT molecular complexity index is 330. The van der Waals surface area contributed by atoms with Crippen LogP contribution in [0.25, 0.3) is 0 Å². The van der Waals surface area contributed by atoms with Crippen molar-refractivity contribution in [3.8, 4) is 0 Å². The molecule has 14 heavy (non-hydrogen) atoms. The van der Waals surface area contributed by atoms with Crippen LogP contribution in [0.1, 0.15) is 24.2 Å². The fourth-order valence-electron chi connectivity index (χ4n) is 1.14. The minimum Gasteiger partial charge on any atom is -0.389 e. The fourth-order valence-corrected chi connectivity index (χ4v) is 1.14. The molecule has 0 saturated carbocycles. The molecule has 0 fully saturated rings. The molecule has 0 heterocycles. The van der Waals surface area contributed by atoms with Gasteiger partial charge in [-0.15, -0.1) is 0 Å². The van der Waals surface area contributed by atoms with E-state index in [0.29, 0.717) is 6.07 Å². The molecule has 0 bridgehead atoms. The maximum atomic E-state index is 12.6. The molecule has 1 aromatic carbocycles. The number of aliphatic hydroxyl groups excluding tert-OH is 1. The van der Waals surface area contributed by atoms with Crippen LogP contribution in [0.3, 0.4) is 0 Å². The van der Waals surface area contributed by atoms with E-state index < -0.39 is 23.7 Å². The molecule has 0 amide bonds. The Balaban J connectivity index is 3.30. The molecule has 1 aromatic rings. The lowest BCUT2D eigenvalue weighted by Crippen LogP contribution is -2.11. The largest absolute Gasteiger partial charge is 0.416 e. The molecule has 5 heteroatoms. The molecule has 0 aliphatic heterocycles. The first-order valence-electron chi connectivity index (χ1n) is 3.87. The SMILES string of the molecule is C[C@@H](O)c1ccc(F)cc1C(F)(F)F. The first-order valence-corrected chi connectivity index (χ1v) is 3.87. The van der Waals surface area contributed by atoms with E-state index >= 15 is 0 Å². The topological polar surface area (TPSA) is 20.2 Å². The third-order valence-electron chi connectivity index (χ3n) is 1.77. The number of benzene rings is 1. The molecular weight excluding hydrogens is 200 g/mol. The molecule has 1 rings (SSSR count). The highest BCUT2D eigenvalue weighted by molar-refractivity contribution is 5.31. The third kappa shape index (κ3) is 2.23. The number of halogens is 4. The summed E-state index contributed by atoms with van der Waals surface area (Å²) in [4.78, 5) is 0. The van der Waals surface area contributed by atoms with Crippen molar-refractivity contribution in [2.24, 2.45) is 0 Å². The van der Waals surface area contributed by atoms with Crippen LogP contribution in [0.4, 0.5) is 17.6 Å². The molecule has 0 aliphatic carbocycles. The number of hydrogen-bond donors (Lipinski definition) is 1. The zero-order valence-corrected chi connectivity index (χ0v) is 7.27. The summed E-state index contributed by atoms with van der Waals surface area (Å²) >= 11 is 0. The van der Waals surface area contributed by atoms with Gasteiger partial charge in [-0.25, -0.2) is 4.39 Å². The monoisotopic (exact) mass is 208 g/mol. The standard InChI is InChI=1S/C9H8F4O/c1-5(14)7-3-2-6(10)4-8(7)9(11,12)13/h2-5,14H,1H3/t5-/m1/s1. The minimum atomic E-state index is -4.64. The lowest BCUT2D eigenvalue weighted by molar-refractivity contribution is -0.139. The maximum Gasteiger partial charge on any atom is 0.416 e. The smallest absolute Gasteiger partial charge is 0.389 e. The van der Waals surface area contributed by atoms with Crippen LogP contribution in [0.15, 0.2) is 18.2 Å². The number of rotatable bonds is 1. The van der Waals surface area contributed by atoms with Crippen molar-refractivity contribution in [1.29, 1.82) is 0 Å². The first-order chi connectivity index (χ1) is 6.32. The summed E-state index contributed by atoms with van der Waals surface area (Å²) in [6.45, 7) is 1.20. The zero-order chi connectivity index (χ0) is 10.9. The first kappa shape index (κ1) is 11.0. The van der Waals surface area contributed by atoms with E-state index in [-0.39, 0.29) is 5.56 Å². The minimum absolute atomic E-state index is 0.320. The van der Waals surface area contributed by atoms with Gasteiger partial charge in [0.25, 0.3) is 0 Å². The fraction of sp³-hybridized carbons (Fsp3) is 0.333. The van der Waals surface area contributed by atoms with E-state index in [1.807, 2.05) is 0 Å². The molecule has 1 N–H and O–H groups in total. The second-order valence-electron chi connectivity index (χ2n) is 2.91. The van der Waals surface area contributed by atoms with Crippen LogP contribution in [-0.2, 0) is 6.18 Å². The second kappa shape index (κ2) is 3.57. The highest BCUT2D eigenvalue weighted by atomic mass is 19.4. The number of hydrogen-bond acceptors (Lipinski definition) is 1. The molecule has 0 spiro atoms. The summed E-state index contributed by atoms with van der Waals surface area (Å²) in [5.41, 5.74) is -1.45. The summed E-state index contributed by atoms with van der Waals surface area (Å²) in [6.07, 6.45) is -5.92. The lowest BCUT2D eigenvalue weighted by Gasteiger charge is -2.14. The Morgan fingerprint density at radius 2 is 1.86 bits per heavy atom. The molecule has 0 aliphatic rings. The van der Waals surface area contributed by atoms with Gasteiger partial charge in [0.15, 0.2) is 0 Å². The number of aliphatic hydroxyl groups is 1. The van der Waals surface area contributed by atoms with Gasteiger partial charge in [-0.05, 0) is 24.6 Å². The highest BCUT2D eigenvalue weighted by Crippen LogP contribution is 2.34. The third-order valence-corrected chi connectivity index (χ3v) is 1.77. The number of alkyl halides is 3. The molecule has 0 unspecified atom stereocenters. The Morgan fingerprint density at radius 3 is 2.29 bits per heavy atom. The van der Waals surface area contributed by atoms with Crippen molar-refractivity contribution >= 4 is 0 Å². The molecule has 0 saturated heterocycles. The van der Waals surface area contributed by atoms with Crippen molar-refractivity contribution in [1.82, 2.24) is 0 Å². The summed E-state index contributed by atoms with van der Waals surface area (Å²) in [5, 5.41) is 9.04. The van der Waals surface area contributed by atoms with E-state index in [4.69, 9.17) is 5.11 Å². The van der Waals surface area contributed by atoms with Gasteiger partial charge < -0.3 is 5.11 Å². The molecule has 0 radical (unpaired) electrons. The average Bonchev–Trinajstić information content (AvgIpc) is 2.01. The van der Waals surface area contributed by atoms with Crippen LogP contribution in [0, 0.1) is 5.82 Å². The summed E-state index contributed by atoms with van der Waals surface area (Å²) < 4.78 is 49.5. The van der Waals surface area contributed by atoms with Gasteiger partial charge >= 0.3 is 6.18 Å². The highest BCUT2D eigenvalue weighted by Gasteiger charge is 2.34. The summed E-state index contributed by atoms with van der Waals surface area (Å²) in [7, 11) is 0. The molecule has 1 nitrogen and oxygen atoms in total. The van der Waals surface area contributed by atoms with Crippen LogP contribution < -0.4 is 0 Å². The Kier molecular flexibility index (Phi) is 2.80. The van der Waals surface area contributed by atoms with Crippen LogP contribution in [-0.4, -0.2) is 5.11 Å². The van der Waals surface area contributed by atoms with Gasteiger partial charge in [0.2, 0.25) is 0 Å². The van der Waals surface area contributed by atoms with E-state index in [1.54, 1.807) is 0 Å². The Morgan fingerprint density at radius 1 is 1.29 bits per heavy atom. The Labute approximate surface area is 78.0 Å². The lowest BCUT2D eigenvalue weighted by atomic mass is 10.0. The van der Waals surface area contributed by atoms with Gasteiger partial charge in [0.05, 0.1) is 11.7 Å². The van der Waals surface area contributed by atoms with Crippen LogP contribution in [0.5, 0.6) is 0 Å². The second-order valence-corrected chi connectivity index (χ2v) is 2.91. The van der Waals surface area contributed by atoms with Crippen molar-refractivity contribution in [2.45, 2.75) is 19.2 Å². The van der Waals surface area contributed by atoms with Crippen LogP contribution in [0.2, 0.25) is 0 Å².